The monoisotopic (exact) mass is 224 g/mol. The van der Waals surface area contributed by atoms with E-state index in [1.807, 2.05) is 4.90 Å². The maximum atomic E-state index is 12.3. The third-order valence-electron chi connectivity index (χ3n) is 3.53. The average Bonchev–Trinajstić information content (AvgIpc) is 2.30. The SMILES string of the molecule is CC1=CCN(C(=O)C2(N)CCOCC2)CC1. The second kappa shape index (κ2) is 4.55. The summed E-state index contributed by atoms with van der Waals surface area (Å²) >= 11 is 0. The van der Waals surface area contributed by atoms with Crippen molar-refractivity contribution in [3.63, 3.8) is 0 Å². The van der Waals surface area contributed by atoms with Crippen LogP contribution < -0.4 is 5.73 Å². The van der Waals surface area contributed by atoms with Crippen molar-refractivity contribution in [2.75, 3.05) is 26.3 Å². The van der Waals surface area contributed by atoms with Crippen LogP contribution in [0.3, 0.4) is 0 Å². The quantitative estimate of drug-likeness (QED) is 0.666. The molecule has 0 saturated carbocycles. The molecule has 2 N–H and O–H groups in total. The molecule has 0 aromatic rings. The number of ether oxygens (including phenoxy) is 1. The van der Waals surface area contributed by atoms with Gasteiger partial charge in [-0.05, 0) is 26.2 Å². The van der Waals surface area contributed by atoms with Gasteiger partial charge in [-0.15, -0.1) is 0 Å². The number of nitrogens with zero attached hydrogens (tertiary/aromatic N) is 1. The molecule has 0 aromatic carbocycles. The van der Waals surface area contributed by atoms with Crippen LogP contribution in [0.25, 0.3) is 0 Å². The van der Waals surface area contributed by atoms with Crippen molar-refractivity contribution in [1.82, 2.24) is 4.90 Å². The fourth-order valence-corrected chi connectivity index (χ4v) is 2.22. The first-order valence-electron chi connectivity index (χ1n) is 5.93. The zero-order valence-electron chi connectivity index (χ0n) is 9.87. The normalized spacial score (nSPS) is 25.1. The highest BCUT2D eigenvalue weighted by molar-refractivity contribution is 5.86. The van der Waals surface area contributed by atoms with Crippen molar-refractivity contribution in [2.24, 2.45) is 5.73 Å². The van der Waals surface area contributed by atoms with Gasteiger partial charge >= 0.3 is 0 Å². The fraction of sp³-hybridized carbons (Fsp3) is 0.750. The molecule has 16 heavy (non-hydrogen) atoms. The summed E-state index contributed by atoms with van der Waals surface area (Å²) in [6.45, 7) is 4.83. The van der Waals surface area contributed by atoms with Gasteiger partial charge < -0.3 is 15.4 Å². The molecule has 1 saturated heterocycles. The maximum Gasteiger partial charge on any atom is 0.243 e. The van der Waals surface area contributed by atoms with Crippen LogP contribution in [0.2, 0.25) is 0 Å². The lowest BCUT2D eigenvalue weighted by molar-refractivity contribution is -0.140. The van der Waals surface area contributed by atoms with Crippen LogP contribution in [0.4, 0.5) is 0 Å². The molecule has 2 heterocycles. The summed E-state index contributed by atoms with van der Waals surface area (Å²) in [6.07, 6.45) is 4.37. The molecule has 2 aliphatic rings. The first-order valence-corrected chi connectivity index (χ1v) is 5.93. The minimum absolute atomic E-state index is 0.0968. The Labute approximate surface area is 96.4 Å². The van der Waals surface area contributed by atoms with Gasteiger partial charge in [0.05, 0.1) is 5.54 Å². The Balaban J connectivity index is 2.01. The first-order chi connectivity index (χ1) is 7.62. The Morgan fingerprint density at radius 3 is 2.75 bits per heavy atom. The molecule has 0 unspecified atom stereocenters. The van der Waals surface area contributed by atoms with Crippen LogP contribution in [0.5, 0.6) is 0 Å². The van der Waals surface area contributed by atoms with Gasteiger partial charge in [0.25, 0.3) is 0 Å². The summed E-state index contributed by atoms with van der Waals surface area (Å²) < 4.78 is 5.26. The molecule has 0 spiro atoms. The van der Waals surface area contributed by atoms with E-state index in [1.165, 1.54) is 5.57 Å². The number of amides is 1. The number of hydrogen-bond acceptors (Lipinski definition) is 3. The van der Waals surface area contributed by atoms with E-state index < -0.39 is 5.54 Å². The number of nitrogens with two attached hydrogens (primary N) is 1. The molecule has 0 bridgehead atoms. The third-order valence-corrected chi connectivity index (χ3v) is 3.53. The van der Waals surface area contributed by atoms with Crippen molar-refractivity contribution in [3.8, 4) is 0 Å². The van der Waals surface area contributed by atoms with Gasteiger partial charge in [-0.3, -0.25) is 4.79 Å². The minimum Gasteiger partial charge on any atom is -0.381 e. The molecular formula is C12H20N2O2. The van der Waals surface area contributed by atoms with Crippen LogP contribution in [-0.2, 0) is 9.53 Å². The number of carbonyl (C=O) groups is 1. The molecule has 0 atom stereocenters. The zero-order chi connectivity index (χ0) is 11.6. The second-order valence-electron chi connectivity index (χ2n) is 4.82. The highest BCUT2D eigenvalue weighted by atomic mass is 16.5. The molecule has 4 heteroatoms. The molecule has 0 radical (unpaired) electrons. The van der Waals surface area contributed by atoms with Gasteiger partial charge in [-0.2, -0.15) is 0 Å². The number of rotatable bonds is 1. The molecule has 2 aliphatic heterocycles. The van der Waals surface area contributed by atoms with Crippen molar-refractivity contribution in [3.05, 3.63) is 11.6 Å². The van der Waals surface area contributed by atoms with E-state index >= 15 is 0 Å². The minimum atomic E-state index is -0.683. The van der Waals surface area contributed by atoms with Gasteiger partial charge in [0, 0.05) is 26.3 Å². The predicted molar refractivity (Wildman–Crippen MR) is 61.9 cm³/mol. The lowest BCUT2D eigenvalue weighted by Gasteiger charge is -2.37. The Bertz CT molecular complexity index is 306. The van der Waals surface area contributed by atoms with E-state index in [0.717, 1.165) is 13.0 Å². The van der Waals surface area contributed by atoms with Gasteiger partial charge in [-0.1, -0.05) is 11.6 Å². The first kappa shape index (κ1) is 11.6. The summed E-state index contributed by atoms with van der Waals surface area (Å²) in [7, 11) is 0. The summed E-state index contributed by atoms with van der Waals surface area (Å²) in [5, 5.41) is 0. The largest absolute Gasteiger partial charge is 0.381 e. The van der Waals surface area contributed by atoms with Crippen LogP contribution in [-0.4, -0.2) is 42.6 Å². The molecular weight excluding hydrogens is 204 g/mol. The number of carbonyl (C=O) groups excluding carboxylic acids is 1. The number of hydrogen-bond donors (Lipinski definition) is 1. The Morgan fingerprint density at radius 2 is 2.19 bits per heavy atom. The van der Waals surface area contributed by atoms with Gasteiger partial charge in [0.2, 0.25) is 5.91 Å². The lowest BCUT2D eigenvalue weighted by atomic mass is 9.89. The van der Waals surface area contributed by atoms with E-state index in [1.54, 1.807) is 0 Å². The molecule has 4 nitrogen and oxygen atoms in total. The summed E-state index contributed by atoms with van der Waals surface area (Å²) in [6, 6.07) is 0. The molecule has 0 aliphatic carbocycles. The standard InChI is InChI=1S/C12H20N2O2/c1-10-2-6-14(7-3-10)11(15)12(13)4-8-16-9-5-12/h2H,3-9,13H2,1H3. The Hall–Kier alpha value is -0.870. The van der Waals surface area contributed by atoms with Crippen molar-refractivity contribution in [1.29, 1.82) is 0 Å². The van der Waals surface area contributed by atoms with Crippen LogP contribution in [0.1, 0.15) is 26.2 Å². The molecule has 1 amide bonds. The third kappa shape index (κ3) is 2.28. The fourth-order valence-electron chi connectivity index (χ4n) is 2.22. The topological polar surface area (TPSA) is 55.6 Å². The van der Waals surface area contributed by atoms with E-state index in [9.17, 15) is 4.79 Å². The summed E-state index contributed by atoms with van der Waals surface area (Å²) in [5.74, 6) is 0.0968. The van der Waals surface area contributed by atoms with Crippen molar-refractivity contribution < 1.29 is 9.53 Å². The van der Waals surface area contributed by atoms with E-state index in [0.29, 0.717) is 32.6 Å². The molecule has 90 valence electrons. The van der Waals surface area contributed by atoms with Gasteiger partial charge in [0.1, 0.15) is 0 Å². The van der Waals surface area contributed by atoms with E-state index in [4.69, 9.17) is 10.5 Å². The summed E-state index contributed by atoms with van der Waals surface area (Å²) in [4.78, 5) is 14.2. The predicted octanol–water partition coefficient (Wildman–Crippen LogP) is 0.673. The van der Waals surface area contributed by atoms with Crippen LogP contribution in [0, 0.1) is 0 Å². The molecule has 0 aromatic heterocycles. The lowest BCUT2D eigenvalue weighted by Crippen LogP contribution is -2.58. The Kier molecular flexibility index (Phi) is 3.30. The van der Waals surface area contributed by atoms with Crippen LogP contribution in [0.15, 0.2) is 11.6 Å². The molecule has 1 fully saturated rings. The molecule has 2 rings (SSSR count). The van der Waals surface area contributed by atoms with Gasteiger partial charge in [-0.25, -0.2) is 0 Å². The average molecular weight is 224 g/mol. The Morgan fingerprint density at radius 1 is 1.50 bits per heavy atom. The smallest absolute Gasteiger partial charge is 0.243 e. The van der Waals surface area contributed by atoms with Crippen molar-refractivity contribution in [2.45, 2.75) is 31.7 Å². The highest BCUT2D eigenvalue weighted by Gasteiger charge is 2.38. The van der Waals surface area contributed by atoms with E-state index in [2.05, 4.69) is 13.0 Å². The zero-order valence-corrected chi connectivity index (χ0v) is 9.87. The van der Waals surface area contributed by atoms with E-state index in [-0.39, 0.29) is 5.91 Å². The maximum absolute atomic E-state index is 12.3. The highest BCUT2D eigenvalue weighted by Crippen LogP contribution is 2.22. The summed E-state index contributed by atoms with van der Waals surface area (Å²) in [5.41, 5.74) is 6.86. The van der Waals surface area contributed by atoms with Gasteiger partial charge in [0.15, 0.2) is 0 Å². The van der Waals surface area contributed by atoms with Crippen LogP contribution >= 0.6 is 0 Å². The second-order valence-corrected chi connectivity index (χ2v) is 4.82. The van der Waals surface area contributed by atoms with Crippen molar-refractivity contribution >= 4 is 5.91 Å².